The Morgan fingerprint density at radius 1 is 1.58 bits per heavy atom. The molecule has 1 aliphatic heterocycles. The minimum atomic E-state index is -0.0723. The number of ether oxygens (including phenoxy) is 1. The van der Waals surface area contributed by atoms with Crippen molar-refractivity contribution in [2.75, 3.05) is 6.61 Å². The molecule has 1 aromatic carbocycles. The predicted molar refractivity (Wildman–Crippen MR) is 48.2 cm³/mol. The molecular weight excluding hydrogens is 222 g/mol. The zero-order valence-electron chi connectivity index (χ0n) is 6.25. The highest BCUT2D eigenvalue weighted by molar-refractivity contribution is 9.10. The van der Waals surface area contributed by atoms with Gasteiger partial charge in [0, 0.05) is 11.6 Å². The van der Waals surface area contributed by atoms with E-state index in [0.29, 0.717) is 16.8 Å². The summed E-state index contributed by atoms with van der Waals surface area (Å²) >= 11 is 3.22. The van der Waals surface area contributed by atoms with Gasteiger partial charge in [0.05, 0.1) is 10.5 Å². The van der Waals surface area contributed by atoms with E-state index < -0.39 is 0 Å². The fraction of sp³-hybridized carbons (Fsp3) is 0.250. The number of hydrogen-bond donors (Lipinski definition) is 2. The molecule has 3 N–H and O–H groups in total. The first-order chi connectivity index (χ1) is 5.68. The molecule has 0 spiro atoms. The van der Waals surface area contributed by atoms with Gasteiger partial charge < -0.3 is 15.6 Å². The minimum Gasteiger partial charge on any atom is -0.507 e. The van der Waals surface area contributed by atoms with Crippen molar-refractivity contribution < 1.29 is 9.84 Å². The van der Waals surface area contributed by atoms with Crippen LogP contribution < -0.4 is 10.5 Å². The summed E-state index contributed by atoms with van der Waals surface area (Å²) in [5.41, 5.74) is 6.68. The molecule has 3 nitrogen and oxygen atoms in total. The van der Waals surface area contributed by atoms with E-state index in [9.17, 15) is 5.11 Å². The summed E-state index contributed by atoms with van der Waals surface area (Å²) in [6.07, 6.45) is 0. The third-order valence-electron chi connectivity index (χ3n) is 1.90. The van der Waals surface area contributed by atoms with Crippen molar-refractivity contribution >= 4 is 15.9 Å². The predicted octanol–water partition coefficient (Wildman–Crippen LogP) is 1.55. The van der Waals surface area contributed by atoms with Gasteiger partial charge in [0.1, 0.15) is 18.1 Å². The van der Waals surface area contributed by atoms with E-state index in [2.05, 4.69) is 15.9 Å². The molecule has 1 heterocycles. The first-order valence-electron chi connectivity index (χ1n) is 3.59. The van der Waals surface area contributed by atoms with Crippen LogP contribution in [0, 0.1) is 0 Å². The molecule has 0 aromatic heterocycles. The molecule has 1 atom stereocenters. The smallest absolute Gasteiger partial charge is 0.133 e. The second-order valence-corrected chi connectivity index (χ2v) is 3.61. The molecule has 0 aliphatic carbocycles. The van der Waals surface area contributed by atoms with Gasteiger partial charge in [-0.3, -0.25) is 0 Å². The molecule has 0 bridgehead atoms. The van der Waals surface area contributed by atoms with Gasteiger partial charge in [0.2, 0.25) is 0 Å². The summed E-state index contributed by atoms with van der Waals surface area (Å²) in [6.45, 7) is 0.491. The molecule has 0 saturated heterocycles. The monoisotopic (exact) mass is 229 g/mol. The number of phenolic OH excluding ortho intramolecular Hbond substituents is 1. The van der Waals surface area contributed by atoms with E-state index in [1.165, 1.54) is 0 Å². The Hall–Kier alpha value is -0.740. The van der Waals surface area contributed by atoms with Crippen molar-refractivity contribution in [1.29, 1.82) is 0 Å². The van der Waals surface area contributed by atoms with Gasteiger partial charge in [0.15, 0.2) is 0 Å². The Bertz CT molecular complexity index is 327. The van der Waals surface area contributed by atoms with E-state index in [0.717, 1.165) is 5.56 Å². The number of halogens is 1. The zero-order chi connectivity index (χ0) is 8.72. The lowest BCUT2D eigenvalue weighted by Crippen LogP contribution is -2.10. The molecule has 1 unspecified atom stereocenters. The second kappa shape index (κ2) is 2.64. The van der Waals surface area contributed by atoms with Gasteiger partial charge in [-0.05, 0) is 22.0 Å². The van der Waals surface area contributed by atoms with Crippen LogP contribution in [0.1, 0.15) is 11.6 Å². The summed E-state index contributed by atoms with van der Waals surface area (Å²) < 4.78 is 5.90. The number of aromatic hydroxyl groups is 1. The van der Waals surface area contributed by atoms with Crippen molar-refractivity contribution in [3.8, 4) is 11.5 Å². The summed E-state index contributed by atoms with van der Waals surface area (Å²) in [5.74, 6) is 0.867. The van der Waals surface area contributed by atoms with Crippen LogP contribution in [0.25, 0.3) is 0 Å². The summed E-state index contributed by atoms with van der Waals surface area (Å²) in [4.78, 5) is 0. The highest BCUT2D eigenvalue weighted by atomic mass is 79.9. The third kappa shape index (κ3) is 1.07. The van der Waals surface area contributed by atoms with Crippen LogP contribution in [-0.2, 0) is 0 Å². The Morgan fingerprint density at radius 3 is 3.08 bits per heavy atom. The Labute approximate surface area is 78.3 Å². The van der Waals surface area contributed by atoms with Gasteiger partial charge in [-0.25, -0.2) is 0 Å². The third-order valence-corrected chi connectivity index (χ3v) is 2.53. The van der Waals surface area contributed by atoms with E-state index in [-0.39, 0.29) is 11.8 Å². The lowest BCUT2D eigenvalue weighted by Gasteiger charge is -2.02. The van der Waals surface area contributed by atoms with Crippen LogP contribution in [0.3, 0.4) is 0 Å². The molecule has 4 heteroatoms. The summed E-state index contributed by atoms with van der Waals surface area (Å²) in [5, 5.41) is 9.30. The maximum absolute atomic E-state index is 9.30. The highest BCUT2D eigenvalue weighted by Crippen LogP contribution is 2.38. The lowest BCUT2D eigenvalue weighted by molar-refractivity contribution is 0.332. The Balaban J connectivity index is 2.56. The summed E-state index contributed by atoms with van der Waals surface area (Å²) in [6, 6.07) is 3.30. The fourth-order valence-corrected chi connectivity index (χ4v) is 1.60. The molecule has 12 heavy (non-hydrogen) atoms. The molecule has 1 aliphatic rings. The van der Waals surface area contributed by atoms with Crippen molar-refractivity contribution in [2.24, 2.45) is 5.73 Å². The molecule has 1 aromatic rings. The van der Waals surface area contributed by atoms with Crippen molar-refractivity contribution in [2.45, 2.75) is 6.04 Å². The molecule has 0 fully saturated rings. The van der Waals surface area contributed by atoms with Crippen LogP contribution in [0.15, 0.2) is 16.6 Å². The number of nitrogens with two attached hydrogens (primary N) is 1. The van der Waals surface area contributed by atoms with Crippen LogP contribution in [0.4, 0.5) is 0 Å². The molecule has 0 saturated carbocycles. The Kier molecular flexibility index (Phi) is 1.73. The van der Waals surface area contributed by atoms with Gasteiger partial charge in [0.25, 0.3) is 0 Å². The number of benzene rings is 1. The van der Waals surface area contributed by atoms with Crippen LogP contribution in [0.2, 0.25) is 0 Å². The van der Waals surface area contributed by atoms with E-state index in [1.54, 1.807) is 12.1 Å². The average Bonchev–Trinajstić information content (AvgIpc) is 2.35. The number of hydrogen-bond acceptors (Lipinski definition) is 3. The van der Waals surface area contributed by atoms with E-state index in [4.69, 9.17) is 10.5 Å². The topological polar surface area (TPSA) is 55.5 Å². The SMILES string of the molecule is NC1COc2cc(O)c(Br)cc21. The Morgan fingerprint density at radius 2 is 2.33 bits per heavy atom. The maximum Gasteiger partial charge on any atom is 0.133 e. The van der Waals surface area contributed by atoms with Gasteiger partial charge in [-0.15, -0.1) is 0 Å². The van der Waals surface area contributed by atoms with Crippen LogP contribution in [0.5, 0.6) is 11.5 Å². The quantitative estimate of drug-likeness (QED) is 0.710. The lowest BCUT2D eigenvalue weighted by atomic mass is 10.1. The summed E-state index contributed by atoms with van der Waals surface area (Å²) in [7, 11) is 0. The normalized spacial score (nSPS) is 20.3. The van der Waals surface area contributed by atoms with Crippen LogP contribution >= 0.6 is 15.9 Å². The molecular formula is C8H8BrNO2. The van der Waals surface area contributed by atoms with Gasteiger partial charge >= 0.3 is 0 Å². The van der Waals surface area contributed by atoms with E-state index in [1.807, 2.05) is 0 Å². The minimum absolute atomic E-state index is 0.0723. The first-order valence-corrected chi connectivity index (χ1v) is 4.38. The molecule has 0 radical (unpaired) electrons. The van der Waals surface area contributed by atoms with Crippen molar-refractivity contribution in [3.63, 3.8) is 0 Å². The van der Waals surface area contributed by atoms with Gasteiger partial charge in [-0.2, -0.15) is 0 Å². The molecule has 2 rings (SSSR count). The van der Waals surface area contributed by atoms with Crippen LogP contribution in [-0.4, -0.2) is 11.7 Å². The second-order valence-electron chi connectivity index (χ2n) is 2.76. The number of rotatable bonds is 0. The average molecular weight is 230 g/mol. The highest BCUT2D eigenvalue weighted by Gasteiger charge is 2.21. The standard InChI is InChI=1S/C8H8BrNO2/c9-5-1-4-6(10)3-12-8(4)2-7(5)11/h1-2,6,11H,3,10H2. The number of fused-ring (bicyclic) bond motifs is 1. The molecule has 0 amide bonds. The number of phenols is 1. The zero-order valence-corrected chi connectivity index (χ0v) is 7.84. The van der Waals surface area contributed by atoms with Crippen molar-refractivity contribution in [1.82, 2.24) is 0 Å². The van der Waals surface area contributed by atoms with Gasteiger partial charge in [-0.1, -0.05) is 0 Å². The maximum atomic E-state index is 9.30. The largest absolute Gasteiger partial charge is 0.507 e. The van der Waals surface area contributed by atoms with Crippen molar-refractivity contribution in [3.05, 3.63) is 22.2 Å². The van der Waals surface area contributed by atoms with E-state index >= 15 is 0 Å². The molecule has 64 valence electrons. The first kappa shape index (κ1) is 7.89. The fourth-order valence-electron chi connectivity index (χ4n) is 1.24.